The van der Waals surface area contributed by atoms with Crippen LogP contribution < -0.4 is 4.90 Å². The number of hydrogen-bond acceptors (Lipinski definition) is 4. The molecule has 1 atom stereocenters. The fourth-order valence-corrected chi connectivity index (χ4v) is 3.60. The third-order valence-electron chi connectivity index (χ3n) is 4.87. The molecular weight excluding hydrogens is 369 g/mol. The molecule has 6 nitrogen and oxygen atoms in total. The second-order valence-electron chi connectivity index (χ2n) is 6.68. The Kier molecular flexibility index (Phi) is 4.84. The van der Waals surface area contributed by atoms with Gasteiger partial charge in [-0.2, -0.15) is 0 Å². The third-order valence-corrected chi connectivity index (χ3v) is 5.39. The minimum Gasteiger partial charge on any atom is -0.442 e. The summed E-state index contributed by atoms with van der Waals surface area (Å²) in [5.74, 6) is -0.345. The topological polar surface area (TPSA) is 48.6 Å². The smallest absolute Gasteiger partial charge is 0.414 e. The third kappa shape index (κ3) is 3.54. The van der Waals surface area contributed by atoms with Gasteiger partial charge in [-0.15, -0.1) is 0 Å². The van der Waals surface area contributed by atoms with E-state index in [1.165, 1.54) is 11.0 Å². The molecule has 8 heteroatoms. The van der Waals surface area contributed by atoms with Crippen molar-refractivity contribution in [2.24, 2.45) is 7.05 Å². The number of amides is 1. The maximum absolute atomic E-state index is 14.6. The molecule has 2 aliphatic heterocycles. The summed E-state index contributed by atoms with van der Waals surface area (Å²) >= 11 is 5.32. The van der Waals surface area contributed by atoms with Crippen LogP contribution in [-0.4, -0.2) is 41.1 Å². The van der Waals surface area contributed by atoms with E-state index in [2.05, 4.69) is 0 Å². The van der Waals surface area contributed by atoms with Crippen LogP contribution in [0.5, 0.6) is 0 Å². The number of anilines is 1. The van der Waals surface area contributed by atoms with Gasteiger partial charge >= 0.3 is 6.09 Å². The average Bonchev–Trinajstić information content (AvgIpc) is 3.19. The van der Waals surface area contributed by atoms with E-state index >= 15 is 0 Å². The first-order chi connectivity index (χ1) is 13.0. The molecule has 2 aliphatic rings. The van der Waals surface area contributed by atoms with Gasteiger partial charge in [0.05, 0.1) is 32.0 Å². The summed E-state index contributed by atoms with van der Waals surface area (Å²) in [6.07, 6.45) is 5.48. The van der Waals surface area contributed by atoms with Crippen LogP contribution in [-0.2, 0) is 23.1 Å². The number of halogens is 1. The molecular formula is C19H20FN3O3S. The predicted octanol–water partition coefficient (Wildman–Crippen LogP) is 3.52. The number of ether oxygens (including phenoxy) is 2. The van der Waals surface area contributed by atoms with Gasteiger partial charge in [-0.25, -0.2) is 9.18 Å². The molecule has 1 fully saturated rings. The summed E-state index contributed by atoms with van der Waals surface area (Å²) in [4.78, 5) is 13.7. The van der Waals surface area contributed by atoms with Crippen LogP contribution in [0.3, 0.4) is 0 Å². The lowest BCUT2D eigenvalue weighted by Gasteiger charge is -2.17. The number of aromatic nitrogens is 2. The fourth-order valence-electron chi connectivity index (χ4n) is 3.40. The zero-order chi connectivity index (χ0) is 19.0. The maximum atomic E-state index is 14.6. The highest BCUT2D eigenvalue weighted by Gasteiger charge is 2.33. The first kappa shape index (κ1) is 17.9. The standard InChI is InChI=1S/C19H20FN3O3S/c1-21-6-7-22(18(21)27)11-15-12-23(19(24)26-15)14-2-3-16(17(20)10-14)13-4-8-25-9-5-13/h2-4,6-7,10,15H,5,8-9,11-12H2,1H3/t15-/m0/s1. The van der Waals surface area contributed by atoms with Crippen molar-refractivity contribution < 1.29 is 18.7 Å². The van der Waals surface area contributed by atoms with E-state index in [-0.39, 0.29) is 11.9 Å². The first-order valence-electron chi connectivity index (χ1n) is 8.79. The molecule has 2 aromatic rings. The maximum Gasteiger partial charge on any atom is 0.414 e. The van der Waals surface area contributed by atoms with E-state index < -0.39 is 6.09 Å². The zero-order valence-electron chi connectivity index (χ0n) is 14.9. The van der Waals surface area contributed by atoms with Gasteiger partial charge in [0.1, 0.15) is 11.9 Å². The Hall–Kier alpha value is -2.45. The van der Waals surface area contributed by atoms with E-state index in [0.717, 1.165) is 5.57 Å². The highest BCUT2D eigenvalue weighted by atomic mass is 32.1. The van der Waals surface area contributed by atoms with Crippen molar-refractivity contribution in [3.63, 3.8) is 0 Å². The number of hydrogen-bond donors (Lipinski definition) is 0. The molecule has 1 amide bonds. The molecule has 1 aromatic carbocycles. The van der Waals surface area contributed by atoms with E-state index in [1.807, 2.05) is 34.7 Å². The summed E-state index contributed by atoms with van der Waals surface area (Å²) in [6, 6.07) is 4.87. The lowest BCUT2D eigenvalue weighted by atomic mass is 10.0. The molecule has 0 saturated carbocycles. The summed E-state index contributed by atoms with van der Waals surface area (Å²) < 4.78 is 29.7. The number of imidazole rings is 1. The van der Waals surface area contributed by atoms with E-state index in [1.54, 1.807) is 12.1 Å². The second-order valence-corrected chi connectivity index (χ2v) is 7.04. The number of rotatable bonds is 4. The van der Waals surface area contributed by atoms with Gasteiger partial charge in [0, 0.05) is 25.0 Å². The molecule has 0 N–H and O–H groups in total. The molecule has 27 heavy (non-hydrogen) atoms. The molecule has 4 rings (SSSR count). The predicted molar refractivity (Wildman–Crippen MR) is 102 cm³/mol. The molecule has 0 spiro atoms. The summed E-state index contributed by atoms with van der Waals surface area (Å²) in [5.41, 5.74) is 1.99. The Bertz CT molecular complexity index is 965. The lowest BCUT2D eigenvalue weighted by Crippen LogP contribution is -2.26. The quantitative estimate of drug-likeness (QED) is 0.751. The lowest BCUT2D eigenvalue weighted by molar-refractivity contribution is 0.131. The van der Waals surface area contributed by atoms with Crippen molar-refractivity contribution in [3.05, 3.63) is 52.8 Å². The highest BCUT2D eigenvalue weighted by Crippen LogP contribution is 2.29. The molecule has 0 aliphatic carbocycles. The molecule has 0 radical (unpaired) electrons. The van der Waals surface area contributed by atoms with Crippen molar-refractivity contribution in [1.29, 1.82) is 0 Å². The Balaban J connectivity index is 1.51. The van der Waals surface area contributed by atoms with Crippen LogP contribution in [0.4, 0.5) is 14.9 Å². The van der Waals surface area contributed by atoms with Crippen molar-refractivity contribution in [2.75, 3.05) is 24.7 Å². The number of cyclic esters (lactones) is 1. The normalized spacial score (nSPS) is 19.9. The highest BCUT2D eigenvalue weighted by molar-refractivity contribution is 7.71. The van der Waals surface area contributed by atoms with Crippen molar-refractivity contribution in [3.8, 4) is 0 Å². The van der Waals surface area contributed by atoms with Gasteiger partial charge in [0.25, 0.3) is 0 Å². The van der Waals surface area contributed by atoms with Crippen LogP contribution in [0.2, 0.25) is 0 Å². The largest absolute Gasteiger partial charge is 0.442 e. The summed E-state index contributed by atoms with van der Waals surface area (Å²) in [7, 11) is 1.87. The molecule has 3 heterocycles. The van der Waals surface area contributed by atoms with Gasteiger partial charge < -0.3 is 18.6 Å². The number of aryl methyl sites for hydroxylation is 1. The van der Waals surface area contributed by atoms with E-state index in [0.29, 0.717) is 48.7 Å². The number of nitrogens with zero attached hydrogens (tertiary/aromatic N) is 3. The van der Waals surface area contributed by atoms with Gasteiger partial charge in [0.2, 0.25) is 0 Å². The Morgan fingerprint density at radius 2 is 2.19 bits per heavy atom. The summed E-state index contributed by atoms with van der Waals surface area (Å²) in [5, 5.41) is 0. The van der Waals surface area contributed by atoms with Crippen molar-refractivity contribution >= 4 is 29.6 Å². The Labute approximate surface area is 161 Å². The number of carbonyl (C=O) groups excluding carboxylic acids is 1. The van der Waals surface area contributed by atoms with Crippen LogP contribution >= 0.6 is 12.2 Å². The number of carbonyl (C=O) groups is 1. The van der Waals surface area contributed by atoms with Crippen molar-refractivity contribution in [1.82, 2.24) is 9.13 Å². The molecule has 142 valence electrons. The minimum atomic E-state index is -0.472. The molecule has 0 bridgehead atoms. The van der Waals surface area contributed by atoms with Crippen LogP contribution in [0.15, 0.2) is 36.7 Å². The van der Waals surface area contributed by atoms with Gasteiger partial charge in [-0.3, -0.25) is 4.90 Å². The van der Waals surface area contributed by atoms with Crippen molar-refractivity contribution in [2.45, 2.75) is 19.1 Å². The zero-order valence-corrected chi connectivity index (χ0v) is 15.7. The van der Waals surface area contributed by atoms with Gasteiger partial charge in [-0.1, -0.05) is 6.08 Å². The number of benzene rings is 1. The van der Waals surface area contributed by atoms with E-state index in [4.69, 9.17) is 21.7 Å². The fraction of sp³-hybridized carbons (Fsp3) is 0.368. The van der Waals surface area contributed by atoms with Gasteiger partial charge in [-0.05, 0) is 42.4 Å². The van der Waals surface area contributed by atoms with Crippen LogP contribution in [0.1, 0.15) is 12.0 Å². The summed E-state index contributed by atoms with van der Waals surface area (Å²) in [6.45, 7) is 1.91. The van der Waals surface area contributed by atoms with Crippen LogP contribution in [0.25, 0.3) is 5.57 Å². The monoisotopic (exact) mass is 389 g/mol. The average molecular weight is 389 g/mol. The Morgan fingerprint density at radius 3 is 2.85 bits per heavy atom. The molecule has 0 unspecified atom stereocenters. The SMILES string of the molecule is Cn1ccn(C[C@H]2CN(c3ccc(C4=CCOCC4)c(F)c3)C(=O)O2)c1=S. The Morgan fingerprint density at radius 1 is 1.33 bits per heavy atom. The van der Waals surface area contributed by atoms with E-state index in [9.17, 15) is 9.18 Å². The molecule has 1 aromatic heterocycles. The van der Waals surface area contributed by atoms with Gasteiger partial charge in [0.15, 0.2) is 4.77 Å². The second kappa shape index (κ2) is 7.28. The minimum absolute atomic E-state index is 0.340. The molecule has 1 saturated heterocycles. The van der Waals surface area contributed by atoms with Crippen LogP contribution in [0, 0.1) is 10.6 Å². The first-order valence-corrected chi connectivity index (χ1v) is 9.20.